The molecule has 13 heavy (non-hydrogen) atoms. The first-order valence-corrected chi connectivity index (χ1v) is 4.95. The minimum atomic E-state index is 0.970. The smallest absolute Gasteiger partial charge is 0.0524 e. The summed E-state index contributed by atoms with van der Waals surface area (Å²) in [5.74, 6) is 0. The van der Waals surface area contributed by atoms with Gasteiger partial charge in [0.2, 0.25) is 0 Å². The molecule has 3 nitrogen and oxygen atoms in total. The molecule has 1 aromatic heterocycles. The van der Waals surface area contributed by atoms with Gasteiger partial charge in [-0.25, -0.2) is 0 Å². The molecule has 0 aliphatic carbocycles. The number of rotatable bonds is 5. The number of hydrogen-bond donors (Lipinski definition) is 1. The Kier molecular flexibility index (Phi) is 3.96. The summed E-state index contributed by atoms with van der Waals surface area (Å²) in [6.45, 7) is 6.32. The lowest BCUT2D eigenvalue weighted by Gasteiger charge is -2.01. The van der Waals surface area contributed by atoms with E-state index in [-0.39, 0.29) is 0 Å². The average Bonchev–Trinajstić information content (AvgIpc) is 2.48. The summed E-state index contributed by atoms with van der Waals surface area (Å²) in [4.78, 5) is 0. The first kappa shape index (κ1) is 10.3. The van der Waals surface area contributed by atoms with Crippen LogP contribution in [0.5, 0.6) is 0 Å². The third-order valence-corrected chi connectivity index (χ3v) is 2.38. The van der Waals surface area contributed by atoms with Gasteiger partial charge in [0.05, 0.1) is 6.20 Å². The van der Waals surface area contributed by atoms with Crippen molar-refractivity contribution in [1.29, 1.82) is 0 Å². The van der Waals surface area contributed by atoms with E-state index >= 15 is 0 Å². The van der Waals surface area contributed by atoms with E-state index in [0.717, 1.165) is 19.5 Å². The number of nitrogens with zero attached hydrogens (tertiary/aromatic N) is 2. The molecule has 0 saturated heterocycles. The van der Waals surface area contributed by atoms with E-state index in [4.69, 9.17) is 0 Å². The molecule has 0 saturated carbocycles. The van der Waals surface area contributed by atoms with Crippen LogP contribution in [0.2, 0.25) is 0 Å². The zero-order chi connectivity index (χ0) is 9.68. The fourth-order valence-electron chi connectivity index (χ4n) is 1.51. The molecule has 0 aromatic carbocycles. The molecule has 0 radical (unpaired) electrons. The maximum absolute atomic E-state index is 4.31. The van der Waals surface area contributed by atoms with E-state index in [1.807, 2.05) is 13.2 Å². The molecule has 0 bridgehead atoms. The Balaban J connectivity index is 2.51. The molecule has 0 atom stereocenters. The number of aryl methyl sites for hydroxylation is 2. The second-order valence-corrected chi connectivity index (χ2v) is 3.28. The zero-order valence-corrected chi connectivity index (χ0v) is 8.80. The van der Waals surface area contributed by atoms with E-state index in [1.165, 1.54) is 17.7 Å². The minimum absolute atomic E-state index is 0.970. The van der Waals surface area contributed by atoms with Crippen LogP contribution in [-0.4, -0.2) is 23.4 Å². The summed E-state index contributed by atoms with van der Waals surface area (Å²) in [6, 6.07) is 0. The highest BCUT2D eigenvalue weighted by Crippen LogP contribution is 2.08. The van der Waals surface area contributed by atoms with Gasteiger partial charge in [0.25, 0.3) is 0 Å². The van der Waals surface area contributed by atoms with Gasteiger partial charge >= 0.3 is 0 Å². The lowest BCUT2D eigenvalue weighted by Crippen LogP contribution is -2.08. The second-order valence-electron chi connectivity index (χ2n) is 3.28. The van der Waals surface area contributed by atoms with Gasteiger partial charge in [-0.05, 0) is 45.8 Å². The van der Waals surface area contributed by atoms with E-state index < -0.39 is 0 Å². The summed E-state index contributed by atoms with van der Waals surface area (Å²) in [5, 5.41) is 7.46. The molecule has 0 spiro atoms. The number of nitrogens with one attached hydrogen (secondary N) is 1. The molecule has 0 aliphatic rings. The molecule has 3 heteroatoms. The fourth-order valence-corrected chi connectivity index (χ4v) is 1.51. The van der Waals surface area contributed by atoms with Crippen molar-refractivity contribution in [2.24, 2.45) is 0 Å². The minimum Gasteiger partial charge on any atom is -0.320 e. The van der Waals surface area contributed by atoms with Crippen LogP contribution in [-0.2, 0) is 13.0 Å². The van der Waals surface area contributed by atoms with Crippen LogP contribution < -0.4 is 5.32 Å². The van der Waals surface area contributed by atoms with E-state index in [2.05, 4.69) is 28.9 Å². The van der Waals surface area contributed by atoms with Crippen LogP contribution in [0.4, 0.5) is 0 Å². The normalized spacial score (nSPS) is 10.7. The predicted octanol–water partition coefficient (Wildman–Crippen LogP) is 1.36. The third kappa shape index (κ3) is 2.56. The molecule has 0 amide bonds. The largest absolute Gasteiger partial charge is 0.320 e. The van der Waals surface area contributed by atoms with Crippen molar-refractivity contribution in [2.45, 2.75) is 33.2 Å². The SMILES string of the molecule is CCn1ncc(CCCNC)c1C. The molecule has 1 rings (SSSR count). The summed E-state index contributed by atoms with van der Waals surface area (Å²) >= 11 is 0. The summed E-state index contributed by atoms with van der Waals surface area (Å²) in [7, 11) is 1.99. The molecule has 1 heterocycles. The predicted molar refractivity (Wildman–Crippen MR) is 54.9 cm³/mol. The van der Waals surface area contributed by atoms with Gasteiger partial charge in [-0.15, -0.1) is 0 Å². The maximum atomic E-state index is 4.31. The van der Waals surface area contributed by atoms with Crippen molar-refractivity contribution in [3.8, 4) is 0 Å². The maximum Gasteiger partial charge on any atom is 0.0524 e. The van der Waals surface area contributed by atoms with Crippen molar-refractivity contribution in [1.82, 2.24) is 15.1 Å². The quantitative estimate of drug-likeness (QED) is 0.695. The monoisotopic (exact) mass is 181 g/mol. The second kappa shape index (κ2) is 5.02. The van der Waals surface area contributed by atoms with Crippen molar-refractivity contribution in [3.63, 3.8) is 0 Å². The van der Waals surface area contributed by atoms with Crippen LogP contribution in [0.25, 0.3) is 0 Å². The zero-order valence-electron chi connectivity index (χ0n) is 8.80. The first-order chi connectivity index (χ1) is 6.29. The average molecular weight is 181 g/mol. The molecule has 0 fully saturated rings. The van der Waals surface area contributed by atoms with Crippen LogP contribution in [0.15, 0.2) is 6.20 Å². The summed E-state index contributed by atoms with van der Waals surface area (Å²) in [5.41, 5.74) is 2.70. The van der Waals surface area contributed by atoms with Gasteiger partial charge in [0.1, 0.15) is 0 Å². The van der Waals surface area contributed by atoms with Crippen molar-refractivity contribution in [2.75, 3.05) is 13.6 Å². The highest BCUT2D eigenvalue weighted by molar-refractivity contribution is 5.16. The Bertz CT molecular complexity index is 253. The Labute approximate surface area is 80.1 Å². The number of aromatic nitrogens is 2. The van der Waals surface area contributed by atoms with Crippen molar-refractivity contribution in [3.05, 3.63) is 17.5 Å². The van der Waals surface area contributed by atoms with Gasteiger partial charge in [0.15, 0.2) is 0 Å². The van der Waals surface area contributed by atoms with Gasteiger partial charge < -0.3 is 5.32 Å². The van der Waals surface area contributed by atoms with Crippen molar-refractivity contribution < 1.29 is 0 Å². The third-order valence-electron chi connectivity index (χ3n) is 2.38. The van der Waals surface area contributed by atoms with Gasteiger partial charge in [-0.3, -0.25) is 4.68 Å². The van der Waals surface area contributed by atoms with Gasteiger partial charge in [0, 0.05) is 12.2 Å². The van der Waals surface area contributed by atoms with Gasteiger partial charge in [-0.1, -0.05) is 0 Å². The van der Waals surface area contributed by atoms with Crippen LogP contribution >= 0.6 is 0 Å². The summed E-state index contributed by atoms with van der Waals surface area (Å²) < 4.78 is 2.05. The fraction of sp³-hybridized carbons (Fsp3) is 0.700. The molecule has 0 unspecified atom stereocenters. The van der Waals surface area contributed by atoms with Crippen LogP contribution in [0, 0.1) is 6.92 Å². The highest BCUT2D eigenvalue weighted by Gasteiger charge is 2.03. The molecule has 1 aromatic rings. The lowest BCUT2D eigenvalue weighted by molar-refractivity contribution is 0.637. The van der Waals surface area contributed by atoms with E-state index in [0.29, 0.717) is 0 Å². The highest BCUT2D eigenvalue weighted by atomic mass is 15.3. The molecular formula is C10H19N3. The van der Waals surface area contributed by atoms with E-state index in [9.17, 15) is 0 Å². The number of hydrogen-bond acceptors (Lipinski definition) is 2. The molecule has 74 valence electrons. The Morgan fingerprint density at radius 2 is 2.31 bits per heavy atom. The Morgan fingerprint density at radius 3 is 2.85 bits per heavy atom. The molecule has 0 aliphatic heterocycles. The molecular weight excluding hydrogens is 162 g/mol. The first-order valence-electron chi connectivity index (χ1n) is 4.95. The van der Waals surface area contributed by atoms with E-state index in [1.54, 1.807) is 0 Å². The van der Waals surface area contributed by atoms with Crippen LogP contribution in [0.3, 0.4) is 0 Å². The Morgan fingerprint density at radius 1 is 1.54 bits per heavy atom. The Hall–Kier alpha value is -0.830. The molecule has 1 N–H and O–H groups in total. The lowest BCUT2D eigenvalue weighted by atomic mass is 10.1. The summed E-state index contributed by atoms with van der Waals surface area (Å²) in [6.07, 6.45) is 4.31. The standard InChI is InChI=1S/C10H19N3/c1-4-13-9(2)10(8-12-13)6-5-7-11-3/h8,11H,4-7H2,1-3H3. The van der Waals surface area contributed by atoms with Gasteiger partial charge in [-0.2, -0.15) is 5.10 Å². The van der Waals surface area contributed by atoms with Crippen molar-refractivity contribution >= 4 is 0 Å². The topological polar surface area (TPSA) is 29.9 Å². The van der Waals surface area contributed by atoms with Crippen LogP contribution in [0.1, 0.15) is 24.6 Å².